The molecule has 0 unspecified atom stereocenters. The first kappa shape index (κ1) is 23.6. The first-order valence-electron chi connectivity index (χ1n) is 10.1. The van der Waals surface area contributed by atoms with E-state index in [2.05, 4.69) is 15.5 Å². The number of hydrogen-bond acceptors (Lipinski definition) is 5. The minimum atomic E-state index is -4.50. The van der Waals surface area contributed by atoms with Crippen LogP contribution < -0.4 is 10.4 Å². The minimum Gasteiger partial charge on any atom is -0.488 e. The zero-order chi connectivity index (χ0) is 24.8. The van der Waals surface area contributed by atoms with Gasteiger partial charge >= 0.3 is 11.9 Å². The number of alkyl halides is 3. The molecule has 0 aliphatic heterocycles. The van der Waals surface area contributed by atoms with Gasteiger partial charge in [0.15, 0.2) is 0 Å². The SMILES string of the molecule is Cc1cc(-c2cc(C(F)(F)F)n(C)n2)c(C)cc1OCc1c(Cl)cccc1-n1nnn(C)c1=O. The molecule has 2 aromatic carbocycles. The Bertz CT molecular complexity index is 1440. The molecule has 0 saturated heterocycles. The highest BCUT2D eigenvalue weighted by Crippen LogP contribution is 2.35. The number of benzene rings is 2. The molecule has 8 nitrogen and oxygen atoms in total. The van der Waals surface area contributed by atoms with Crippen LogP contribution >= 0.6 is 11.6 Å². The maximum absolute atomic E-state index is 13.2. The van der Waals surface area contributed by atoms with E-state index in [1.165, 1.54) is 14.1 Å². The number of nitrogens with zero attached hydrogens (tertiary/aromatic N) is 6. The molecule has 0 atom stereocenters. The molecule has 0 saturated carbocycles. The van der Waals surface area contributed by atoms with Gasteiger partial charge in [-0.2, -0.15) is 27.6 Å². The first-order chi connectivity index (χ1) is 16.0. The van der Waals surface area contributed by atoms with Gasteiger partial charge in [-0.05, 0) is 65.7 Å². The molecule has 0 radical (unpaired) electrons. The van der Waals surface area contributed by atoms with Crippen LogP contribution in [0.15, 0.2) is 41.2 Å². The number of tetrazole rings is 1. The predicted octanol–water partition coefficient (Wildman–Crippen LogP) is 4.23. The average Bonchev–Trinajstić information content (AvgIpc) is 3.31. The monoisotopic (exact) mass is 492 g/mol. The van der Waals surface area contributed by atoms with Gasteiger partial charge in [0.05, 0.1) is 11.4 Å². The van der Waals surface area contributed by atoms with Crippen LogP contribution in [0.25, 0.3) is 16.9 Å². The summed E-state index contributed by atoms with van der Waals surface area (Å²) in [5.74, 6) is 0.519. The zero-order valence-electron chi connectivity index (χ0n) is 18.7. The fraction of sp³-hybridized carbons (Fsp3) is 0.273. The van der Waals surface area contributed by atoms with Crippen molar-refractivity contribution in [1.82, 2.24) is 29.6 Å². The highest BCUT2D eigenvalue weighted by Gasteiger charge is 2.35. The number of aromatic nitrogens is 6. The molecule has 0 aliphatic carbocycles. The normalized spacial score (nSPS) is 11.8. The van der Waals surface area contributed by atoms with Crippen molar-refractivity contribution in [3.63, 3.8) is 0 Å². The molecule has 4 aromatic rings. The van der Waals surface area contributed by atoms with Crippen LogP contribution in [0.2, 0.25) is 5.02 Å². The molecule has 0 fully saturated rings. The highest BCUT2D eigenvalue weighted by atomic mass is 35.5. The van der Waals surface area contributed by atoms with Gasteiger partial charge < -0.3 is 4.74 Å². The maximum Gasteiger partial charge on any atom is 0.433 e. The summed E-state index contributed by atoms with van der Waals surface area (Å²) in [5, 5.41) is 12.0. The minimum absolute atomic E-state index is 0.0272. The second-order valence-corrected chi connectivity index (χ2v) is 8.20. The molecule has 2 heterocycles. The molecular weight excluding hydrogens is 473 g/mol. The summed E-state index contributed by atoms with van der Waals surface area (Å²) in [7, 11) is 2.75. The Labute approximate surface area is 197 Å². The number of hydrogen-bond donors (Lipinski definition) is 0. The Kier molecular flexibility index (Phi) is 5.98. The third kappa shape index (κ3) is 4.30. The Morgan fingerprint density at radius 1 is 1.03 bits per heavy atom. The highest BCUT2D eigenvalue weighted by molar-refractivity contribution is 6.31. The number of aryl methyl sites for hydroxylation is 4. The fourth-order valence-electron chi connectivity index (χ4n) is 3.59. The lowest BCUT2D eigenvalue weighted by atomic mass is 10.0. The van der Waals surface area contributed by atoms with Gasteiger partial charge in [0.2, 0.25) is 0 Å². The number of ether oxygens (including phenoxy) is 1. The molecule has 0 spiro atoms. The van der Waals surface area contributed by atoms with Crippen LogP contribution in [0.1, 0.15) is 22.4 Å². The van der Waals surface area contributed by atoms with E-state index in [0.717, 1.165) is 20.1 Å². The fourth-order valence-corrected chi connectivity index (χ4v) is 3.81. The Morgan fingerprint density at radius 3 is 2.38 bits per heavy atom. The van der Waals surface area contributed by atoms with Crippen molar-refractivity contribution in [2.75, 3.05) is 0 Å². The maximum atomic E-state index is 13.2. The molecule has 34 heavy (non-hydrogen) atoms. The van der Waals surface area contributed by atoms with Crippen LogP contribution in [0, 0.1) is 13.8 Å². The Morgan fingerprint density at radius 2 is 1.76 bits per heavy atom. The predicted molar refractivity (Wildman–Crippen MR) is 119 cm³/mol. The number of rotatable bonds is 5. The smallest absolute Gasteiger partial charge is 0.433 e. The van der Waals surface area contributed by atoms with Crippen LogP contribution in [-0.2, 0) is 26.9 Å². The molecule has 2 aromatic heterocycles. The third-order valence-corrected chi connectivity index (χ3v) is 5.74. The lowest BCUT2D eigenvalue weighted by Crippen LogP contribution is -2.23. The average molecular weight is 493 g/mol. The van der Waals surface area contributed by atoms with Gasteiger partial charge in [-0.3, -0.25) is 4.68 Å². The number of halogens is 4. The van der Waals surface area contributed by atoms with Crippen LogP contribution in [0.3, 0.4) is 0 Å². The van der Waals surface area contributed by atoms with E-state index in [0.29, 0.717) is 38.7 Å². The first-order valence-corrected chi connectivity index (χ1v) is 10.5. The quantitative estimate of drug-likeness (QED) is 0.416. The molecule has 4 rings (SSSR count). The second kappa shape index (κ2) is 8.64. The van der Waals surface area contributed by atoms with Gasteiger partial charge in [-0.1, -0.05) is 17.7 Å². The summed E-state index contributed by atoms with van der Waals surface area (Å²) in [6.45, 7) is 3.58. The van der Waals surface area contributed by atoms with Crippen molar-refractivity contribution in [3.8, 4) is 22.7 Å². The van der Waals surface area contributed by atoms with Crippen molar-refractivity contribution in [2.45, 2.75) is 26.6 Å². The molecule has 0 aliphatic rings. The largest absolute Gasteiger partial charge is 0.488 e. The van der Waals surface area contributed by atoms with Crippen molar-refractivity contribution in [2.24, 2.45) is 14.1 Å². The van der Waals surface area contributed by atoms with E-state index in [1.54, 1.807) is 44.2 Å². The summed E-state index contributed by atoms with van der Waals surface area (Å²) in [6.07, 6.45) is -4.50. The Balaban J connectivity index is 1.65. The van der Waals surface area contributed by atoms with Crippen molar-refractivity contribution in [1.29, 1.82) is 0 Å². The summed E-state index contributed by atoms with van der Waals surface area (Å²) >= 11 is 6.38. The lowest BCUT2D eigenvalue weighted by molar-refractivity contribution is -0.143. The molecule has 0 bridgehead atoms. The standard InChI is InChI=1S/C22H20ClF3N6O2/c1-12-9-19(13(2)8-14(12)17-10-20(22(24,25)26)30(3)27-17)34-11-15-16(23)6-5-7-18(15)32-21(33)31(4)28-29-32/h5-10H,11H2,1-4H3. The molecule has 0 amide bonds. The van der Waals surface area contributed by atoms with Crippen molar-refractivity contribution < 1.29 is 17.9 Å². The van der Waals surface area contributed by atoms with E-state index >= 15 is 0 Å². The summed E-state index contributed by atoms with van der Waals surface area (Å²) in [6, 6.07) is 9.53. The molecular formula is C22H20ClF3N6O2. The van der Waals surface area contributed by atoms with E-state index in [-0.39, 0.29) is 12.3 Å². The van der Waals surface area contributed by atoms with Crippen molar-refractivity contribution >= 4 is 11.6 Å². The molecule has 178 valence electrons. The van der Waals surface area contributed by atoms with Crippen LogP contribution in [0.5, 0.6) is 5.75 Å². The Hall–Kier alpha value is -3.60. The van der Waals surface area contributed by atoms with E-state index in [4.69, 9.17) is 16.3 Å². The van der Waals surface area contributed by atoms with Gasteiger partial charge in [-0.25, -0.2) is 4.79 Å². The molecule has 0 N–H and O–H groups in total. The third-order valence-electron chi connectivity index (χ3n) is 5.38. The zero-order valence-corrected chi connectivity index (χ0v) is 19.4. The van der Waals surface area contributed by atoms with E-state index in [9.17, 15) is 18.0 Å². The van der Waals surface area contributed by atoms with E-state index < -0.39 is 17.6 Å². The topological polar surface area (TPSA) is 79.8 Å². The van der Waals surface area contributed by atoms with Gasteiger partial charge in [0, 0.05) is 30.2 Å². The van der Waals surface area contributed by atoms with Gasteiger partial charge in [0.25, 0.3) is 0 Å². The summed E-state index contributed by atoms with van der Waals surface area (Å²) in [4.78, 5) is 12.3. The van der Waals surface area contributed by atoms with Crippen molar-refractivity contribution in [3.05, 3.63) is 74.3 Å². The second-order valence-electron chi connectivity index (χ2n) is 7.79. The molecule has 12 heteroatoms. The summed E-state index contributed by atoms with van der Waals surface area (Å²) in [5.41, 5.74) is 1.89. The van der Waals surface area contributed by atoms with E-state index in [1.807, 2.05) is 0 Å². The lowest BCUT2D eigenvalue weighted by Gasteiger charge is -2.15. The van der Waals surface area contributed by atoms with Crippen LogP contribution in [-0.4, -0.2) is 29.6 Å². The van der Waals surface area contributed by atoms with Crippen LogP contribution in [0.4, 0.5) is 13.2 Å². The van der Waals surface area contributed by atoms with Gasteiger partial charge in [0.1, 0.15) is 18.1 Å². The summed E-state index contributed by atoms with van der Waals surface area (Å²) < 4.78 is 48.6. The van der Waals surface area contributed by atoms with Gasteiger partial charge in [-0.15, -0.1) is 0 Å².